The summed E-state index contributed by atoms with van der Waals surface area (Å²) in [6.07, 6.45) is 0. The highest BCUT2D eigenvalue weighted by atomic mass is 16.5. The fourth-order valence-corrected chi connectivity index (χ4v) is 1.60. The van der Waals surface area contributed by atoms with Gasteiger partial charge in [0, 0.05) is 11.6 Å². The van der Waals surface area contributed by atoms with Gasteiger partial charge in [-0.1, -0.05) is 23.4 Å². The van der Waals surface area contributed by atoms with E-state index in [2.05, 4.69) is 11.2 Å². The quantitative estimate of drug-likeness (QED) is 0.842. The van der Waals surface area contributed by atoms with Gasteiger partial charge in [0.2, 0.25) is 0 Å². The molecule has 0 N–H and O–H groups in total. The summed E-state index contributed by atoms with van der Waals surface area (Å²) in [5.41, 5.74) is 1.79. The van der Waals surface area contributed by atoms with Crippen molar-refractivity contribution in [2.45, 2.75) is 33.0 Å². The van der Waals surface area contributed by atoms with E-state index in [-0.39, 0.29) is 5.60 Å². The standard InChI is InChI=1S/C15H16N2O2/c1-15(2,3)18-10-12-8-14(17-19-12)13-7-5-4-6-11(13)9-16/h4-8H,10H2,1-3H3. The van der Waals surface area contributed by atoms with Gasteiger partial charge in [-0.2, -0.15) is 5.26 Å². The highest BCUT2D eigenvalue weighted by Crippen LogP contribution is 2.23. The van der Waals surface area contributed by atoms with Gasteiger partial charge in [-0.3, -0.25) is 0 Å². The summed E-state index contributed by atoms with van der Waals surface area (Å²) >= 11 is 0. The van der Waals surface area contributed by atoms with Gasteiger partial charge in [0.1, 0.15) is 12.3 Å². The third kappa shape index (κ3) is 3.43. The molecule has 0 radical (unpaired) electrons. The van der Waals surface area contributed by atoms with E-state index in [9.17, 15) is 0 Å². The molecule has 2 aromatic rings. The number of hydrogen-bond acceptors (Lipinski definition) is 4. The average Bonchev–Trinajstić information content (AvgIpc) is 2.84. The molecule has 0 bridgehead atoms. The Bertz CT molecular complexity index is 603. The molecule has 0 aliphatic rings. The number of nitrogens with zero attached hydrogens (tertiary/aromatic N) is 2. The van der Waals surface area contributed by atoms with E-state index in [1.54, 1.807) is 6.07 Å². The molecule has 1 heterocycles. The zero-order valence-corrected chi connectivity index (χ0v) is 11.3. The lowest BCUT2D eigenvalue weighted by atomic mass is 10.1. The van der Waals surface area contributed by atoms with Gasteiger partial charge in [-0.25, -0.2) is 0 Å². The Labute approximate surface area is 112 Å². The number of ether oxygens (including phenoxy) is 1. The molecule has 19 heavy (non-hydrogen) atoms. The van der Waals surface area contributed by atoms with Crippen molar-refractivity contribution in [3.05, 3.63) is 41.7 Å². The smallest absolute Gasteiger partial charge is 0.163 e. The lowest BCUT2D eigenvalue weighted by Gasteiger charge is -2.17. The number of benzene rings is 1. The maximum atomic E-state index is 9.06. The van der Waals surface area contributed by atoms with E-state index < -0.39 is 0 Å². The van der Waals surface area contributed by atoms with E-state index in [0.29, 0.717) is 23.6 Å². The summed E-state index contributed by atoms with van der Waals surface area (Å²) in [6.45, 7) is 6.31. The van der Waals surface area contributed by atoms with Gasteiger partial charge in [0.25, 0.3) is 0 Å². The molecule has 98 valence electrons. The predicted octanol–water partition coefficient (Wildman–Crippen LogP) is 3.53. The van der Waals surface area contributed by atoms with Gasteiger partial charge >= 0.3 is 0 Å². The van der Waals surface area contributed by atoms with Crippen LogP contribution in [0.25, 0.3) is 11.3 Å². The molecule has 0 spiro atoms. The summed E-state index contributed by atoms with van der Waals surface area (Å²) in [4.78, 5) is 0. The molecule has 4 nitrogen and oxygen atoms in total. The van der Waals surface area contributed by atoms with Gasteiger partial charge in [0.15, 0.2) is 5.76 Å². The van der Waals surface area contributed by atoms with E-state index in [0.717, 1.165) is 5.56 Å². The molecule has 0 saturated carbocycles. The molecule has 0 saturated heterocycles. The molecule has 1 aromatic heterocycles. The first kappa shape index (κ1) is 13.3. The van der Waals surface area contributed by atoms with Crippen LogP contribution in [0.1, 0.15) is 32.1 Å². The summed E-state index contributed by atoms with van der Waals surface area (Å²) in [7, 11) is 0. The zero-order chi connectivity index (χ0) is 13.9. The second kappa shape index (κ2) is 5.25. The highest BCUT2D eigenvalue weighted by Gasteiger charge is 2.14. The minimum Gasteiger partial charge on any atom is -0.368 e. The van der Waals surface area contributed by atoms with Gasteiger partial charge < -0.3 is 9.26 Å². The van der Waals surface area contributed by atoms with Crippen LogP contribution in [0.15, 0.2) is 34.9 Å². The Morgan fingerprint density at radius 1 is 1.32 bits per heavy atom. The fraction of sp³-hybridized carbons (Fsp3) is 0.333. The van der Waals surface area contributed by atoms with Crippen molar-refractivity contribution in [1.82, 2.24) is 5.16 Å². The Kier molecular flexibility index (Phi) is 3.68. The van der Waals surface area contributed by atoms with E-state index in [1.165, 1.54) is 0 Å². The van der Waals surface area contributed by atoms with Crippen molar-refractivity contribution < 1.29 is 9.26 Å². The Morgan fingerprint density at radius 3 is 2.74 bits per heavy atom. The topological polar surface area (TPSA) is 59.0 Å². The number of nitriles is 1. The molecule has 0 aliphatic heterocycles. The molecule has 0 fully saturated rings. The number of rotatable bonds is 3. The average molecular weight is 256 g/mol. The first-order valence-electron chi connectivity index (χ1n) is 6.08. The van der Waals surface area contributed by atoms with E-state index >= 15 is 0 Å². The fourth-order valence-electron chi connectivity index (χ4n) is 1.60. The summed E-state index contributed by atoms with van der Waals surface area (Å²) in [5, 5.41) is 13.1. The lowest BCUT2D eigenvalue weighted by molar-refractivity contribution is -0.0241. The van der Waals surface area contributed by atoms with Gasteiger partial charge in [-0.05, 0) is 26.8 Å². The summed E-state index contributed by atoms with van der Waals surface area (Å²) in [5.74, 6) is 0.651. The number of aromatic nitrogens is 1. The van der Waals surface area contributed by atoms with Crippen molar-refractivity contribution >= 4 is 0 Å². The molecule has 0 unspecified atom stereocenters. The van der Waals surface area contributed by atoms with E-state index in [1.807, 2.05) is 45.0 Å². The molecule has 0 atom stereocenters. The van der Waals surface area contributed by atoms with E-state index in [4.69, 9.17) is 14.5 Å². The van der Waals surface area contributed by atoms with Crippen molar-refractivity contribution in [3.8, 4) is 17.3 Å². The molecule has 1 aromatic carbocycles. The largest absolute Gasteiger partial charge is 0.368 e. The molecule has 4 heteroatoms. The van der Waals surface area contributed by atoms with Crippen LogP contribution in [0.3, 0.4) is 0 Å². The number of hydrogen-bond donors (Lipinski definition) is 0. The van der Waals surface area contributed by atoms with Crippen LogP contribution in [0, 0.1) is 11.3 Å². The Hall–Kier alpha value is -2.12. The van der Waals surface area contributed by atoms with Crippen LogP contribution in [-0.2, 0) is 11.3 Å². The van der Waals surface area contributed by atoms with Gasteiger partial charge in [0.05, 0.1) is 17.2 Å². The van der Waals surface area contributed by atoms with Crippen molar-refractivity contribution in [2.75, 3.05) is 0 Å². The summed E-state index contributed by atoms with van der Waals surface area (Å²) < 4.78 is 10.9. The molecule has 0 amide bonds. The Balaban J connectivity index is 2.20. The second-order valence-electron chi connectivity index (χ2n) is 5.24. The maximum Gasteiger partial charge on any atom is 0.163 e. The first-order chi connectivity index (χ1) is 8.99. The monoisotopic (exact) mass is 256 g/mol. The maximum absolute atomic E-state index is 9.06. The van der Waals surface area contributed by atoms with Crippen LogP contribution >= 0.6 is 0 Å². The van der Waals surface area contributed by atoms with Crippen LogP contribution in [0.4, 0.5) is 0 Å². The van der Waals surface area contributed by atoms with Gasteiger partial charge in [-0.15, -0.1) is 0 Å². The molecular weight excluding hydrogens is 240 g/mol. The normalized spacial score (nSPS) is 11.3. The Morgan fingerprint density at radius 2 is 2.05 bits per heavy atom. The second-order valence-corrected chi connectivity index (χ2v) is 5.24. The van der Waals surface area contributed by atoms with Crippen molar-refractivity contribution in [3.63, 3.8) is 0 Å². The van der Waals surface area contributed by atoms with Crippen LogP contribution < -0.4 is 0 Å². The highest BCUT2D eigenvalue weighted by molar-refractivity contribution is 5.66. The zero-order valence-electron chi connectivity index (χ0n) is 11.3. The SMILES string of the molecule is CC(C)(C)OCc1cc(-c2ccccc2C#N)no1. The lowest BCUT2D eigenvalue weighted by Crippen LogP contribution is -2.18. The third-order valence-corrected chi connectivity index (χ3v) is 2.53. The van der Waals surface area contributed by atoms with Crippen LogP contribution in [0.5, 0.6) is 0 Å². The first-order valence-corrected chi connectivity index (χ1v) is 6.08. The molecule has 0 aliphatic carbocycles. The predicted molar refractivity (Wildman–Crippen MR) is 71.2 cm³/mol. The van der Waals surface area contributed by atoms with Crippen molar-refractivity contribution in [2.24, 2.45) is 0 Å². The minimum absolute atomic E-state index is 0.225. The minimum atomic E-state index is -0.225. The molecule has 2 rings (SSSR count). The van der Waals surface area contributed by atoms with Crippen LogP contribution in [0.2, 0.25) is 0 Å². The third-order valence-electron chi connectivity index (χ3n) is 2.53. The summed E-state index contributed by atoms with van der Waals surface area (Å²) in [6, 6.07) is 11.3. The van der Waals surface area contributed by atoms with Crippen LogP contribution in [-0.4, -0.2) is 10.8 Å². The van der Waals surface area contributed by atoms with Crippen molar-refractivity contribution in [1.29, 1.82) is 5.26 Å². The molecular formula is C15H16N2O2.